The van der Waals surface area contributed by atoms with Gasteiger partial charge >= 0.3 is 0 Å². The largest absolute Gasteiger partial charge is 0.345 e. The maximum atomic E-state index is 12.2. The quantitative estimate of drug-likeness (QED) is 0.442. The molecule has 0 aliphatic rings. The number of Topliss-reactive ketones (excluding diaryl/α,β-unsaturated/α-hetero) is 1. The van der Waals surface area contributed by atoms with E-state index < -0.39 is 0 Å². The Morgan fingerprint density at radius 1 is 1.03 bits per heavy atom. The summed E-state index contributed by atoms with van der Waals surface area (Å²) in [4.78, 5) is 29.8. The third-order valence-corrected chi connectivity index (χ3v) is 5.61. The molecule has 0 radical (unpaired) electrons. The summed E-state index contributed by atoms with van der Waals surface area (Å²) < 4.78 is 1.72. The molecule has 4 aromatic rings. The predicted octanol–water partition coefficient (Wildman–Crippen LogP) is 4.79. The molecule has 0 saturated carbocycles. The standard InChI is InChI=1S/C25H23ClN4O2/c1-15(31)11-16-12-21-23(28-30(4)24(21)27-14-16)20-13-19(9-10-22(20)26)17-5-7-18(8-6-17)25(32)29(2)3/h5-10,12-14H,11H2,1-4H3. The van der Waals surface area contributed by atoms with Crippen molar-refractivity contribution in [2.45, 2.75) is 13.3 Å². The SMILES string of the molecule is CC(=O)Cc1cnc2c(c1)c(-c1cc(-c3ccc(C(=O)N(C)C)cc3)ccc1Cl)nn2C. The summed E-state index contributed by atoms with van der Waals surface area (Å²) in [6, 6.07) is 15.2. The van der Waals surface area contributed by atoms with Crippen LogP contribution in [-0.2, 0) is 18.3 Å². The number of amides is 1. The summed E-state index contributed by atoms with van der Waals surface area (Å²) >= 11 is 6.58. The average molecular weight is 447 g/mol. The molecule has 2 aromatic carbocycles. The van der Waals surface area contributed by atoms with Crippen LogP contribution in [0.15, 0.2) is 54.7 Å². The molecular weight excluding hydrogens is 424 g/mol. The lowest BCUT2D eigenvalue weighted by Crippen LogP contribution is -2.21. The molecule has 162 valence electrons. The van der Waals surface area contributed by atoms with Crippen LogP contribution in [0.2, 0.25) is 5.02 Å². The molecule has 0 spiro atoms. The zero-order valence-corrected chi connectivity index (χ0v) is 19.1. The van der Waals surface area contributed by atoms with Gasteiger partial charge in [0.2, 0.25) is 0 Å². The molecule has 2 heterocycles. The minimum absolute atomic E-state index is 0.0397. The molecule has 6 nitrogen and oxygen atoms in total. The van der Waals surface area contributed by atoms with Gasteiger partial charge in [0.1, 0.15) is 11.5 Å². The van der Waals surface area contributed by atoms with Gasteiger partial charge in [0, 0.05) is 50.3 Å². The lowest BCUT2D eigenvalue weighted by Gasteiger charge is -2.11. The molecule has 0 bridgehead atoms. The number of carbonyl (C=O) groups excluding carboxylic acids is 2. The van der Waals surface area contributed by atoms with Gasteiger partial charge in [-0.05, 0) is 53.9 Å². The fourth-order valence-electron chi connectivity index (χ4n) is 3.72. The van der Waals surface area contributed by atoms with Crippen LogP contribution in [0.1, 0.15) is 22.8 Å². The molecule has 32 heavy (non-hydrogen) atoms. The van der Waals surface area contributed by atoms with Crippen molar-refractivity contribution in [3.05, 3.63) is 70.9 Å². The lowest BCUT2D eigenvalue weighted by atomic mass is 9.99. The van der Waals surface area contributed by atoms with E-state index in [0.29, 0.717) is 22.7 Å². The molecule has 0 unspecified atom stereocenters. The molecular formula is C25H23ClN4O2. The number of benzene rings is 2. The van der Waals surface area contributed by atoms with Crippen LogP contribution in [0.3, 0.4) is 0 Å². The highest BCUT2D eigenvalue weighted by Crippen LogP contribution is 2.35. The molecule has 0 aliphatic heterocycles. The minimum Gasteiger partial charge on any atom is -0.345 e. The van der Waals surface area contributed by atoms with E-state index in [0.717, 1.165) is 33.3 Å². The number of nitrogens with zero attached hydrogens (tertiary/aromatic N) is 4. The van der Waals surface area contributed by atoms with E-state index in [1.165, 1.54) is 0 Å². The molecule has 7 heteroatoms. The number of pyridine rings is 1. The molecule has 0 saturated heterocycles. The van der Waals surface area contributed by atoms with Crippen molar-refractivity contribution in [1.82, 2.24) is 19.7 Å². The number of hydrogen-bond acceptors (Lipinski definition) is 4. The van der Waals surface area contributed by atoms with Crippen LogP contribution >= 0.6 is 11.6 Å². The van der Waals surface area contributed by atoms with Gasteiger partial charge in [0.05, 0.1) is 5.02 Å². The number of hydrogen-bond donors (Lipinski definition) is 0. The normalized spacial score (nSPS) is 11.0. The van der Waals surface area contributed by atoms with Crippen LogP contribution in [0, 0.1) is 0 Å². The van der Waals surface area contributed by atoms with Crippen molar-refractivity contribution in [1.29, 1.82) is 0 Å². The van der Waals surface area contributed by atoms with Crippen molar-refractivity contribution in [2.75, 3.05) is 14.1 Å². The van der Waals surface area contributed by atoms with Gasteiger partial charge in [0.15, 0.2) is 5.65 Å². The molecule has 0 aliphatic carbocycles. The van der Waals surface area contributed by atoms with Crippen molar-refractivity contribution >= 4 is 34.3 Å². The minimum atomic E-state index is -0.0397. The van der Waals surface area contributed by atoms with Gasteiger partial charge in [-0.3, -0.25) is 9.59 Å². The first kappa shape index (κ1) is 21.7. The highest BCUT2D eigenvalue weighted by Gasteiger charge is 2.17. The van der Waals surface area contributed by atoms with E-state index in [-0.39, 0.29) is 11.7 Å². The van der Waals surface area contributed by atoms with Crippen molar-refractivity contribution in [2.24, 2.45) is 7.05 Å². The average Bonchev–Trinajstić information content (AvgIpc) is 3.09. The maximum Gasteiger partial charge on any atom is 0.253 e. The second-order valence-corrected chi connectivity index (χ2v) is 8.44. The molecule has 0 fully saturated rings. The van der Waals surface area contributed by atoms with Crippen molar-refractivity contribution in [3.8, 4) is 22.4 Å². The summed E-state index contributed by atoms with van der Waals surface area (Å²) in [6.45, 7) is 1.56. The van der Waals surface area contributed by atoms with Crippen LogP contribution in [0.25, 0.3) is 33.4 Å². The first-order valence-corrected chi connectivity index (χ1v) is 10.6. The monoisotopic (exact) mass is 446 g/mol. The second-order valence-electron chi connectivity index (χ2n) is 8.04. The van der Waals surface area contributed by atoms with Gasteiger partial charge in [0.25, 0.3) is 5.91 Å². The van der Waals surface area contributed by atoms with Gasteiger partial charge < -0.3 is 4.90 Å². The summed E-state index contributed by atoms with van der Waals surface area (Å²) in [5, 5.41) is 6.09. The number of rotatable bonds is 5. The second kappa shape index (κ2) is 8.55. The molecule has 4 rings (SSSR count). The molecule has 0 N–H and O–H groups in total. The maximum absolute atomic E-state index is 12.2. The van der Waals surface area contributed by atoms with Crippen LogP contribution in [0.4, 0.5) is 0 Å². The zero-order valence-electron chi connectivity index (χ0n) is 18.4. The predicted molar refractivity (Wildman–Crippen MR) is 127 cm³/mol. The Morgan fingerprint density at radius 2 is 1.72 bits per heavy atom. The number of aromatic nitrogens is 3. The Balaban J connectivity index is 1.79. The highest BCUT2D eigenvalue weighted by atomic mass is 35.5. The van der Waals surface area contributed by atoms with Crippen molar-refractivity contribution < 1.29 is 9.59 Å². The highest BCUT2D eigenvalue weighted by molar-refractivity contribution is 6.33. The van der Waals surface area contributed by atoms with E-state index in [2.05, 4.69) is 10.1 Å². The fraction of sp³-hybridized carbons (Fsp3) is 0.200. The Kier molecular flexibility index (Phi) is 5.80. The number of aryl methyl sites for hydroxylation is 1. The van der Waals surface area contributed by atoms with Crippen LogP contribution < -0.4 is 0 Å². The van der Waals surface area contributed by atoms with E-state index in [9.17, 15) is 9.59 Å². The van der Waals surface area contributed by atoms with Crippen molar-refractivity contribution in [3.63, 3.8) is 0 Å². The van der Waals surface area contributed by atoms with Gasteiger partial charge in [-0.25, -0.2) is 9.67 Å². The van der Waals surface area contributed by atoms with Gasteiger partial charge in [-0.1, -0.05) is 29.8 Å². The van der Waals surface area contributed by atoms with Gasteiger partial charge in [-0.15, -0.1) is 0 Å². The third kappa shape index (κ3) is 4.14. The van der Waals surface area contributed by atoms with E-state index >= 15 is 0 Å². The fourth-order valence-corrected chi connectivity index (χ4v) is 3.92. The van der Waals surface area contributed by atoms with E-state index in [1.54, 1.807) is 36.8 Å². The third-order valence-electron chi connectivity index (χ3n) is 5.28. The Bertz CT molecular complexity index is 1340. The number of fused-ring (bicyclic) bond motifs is 1. The van der Waals surface area contributed by atoms with E-state index in [4.69, 9.17) is 11.6 Å². The van der Waals surface area contributed by atoms with E-state index in [1.807, 2.05) is 55.6 Å². The Hall–Kier alpha value is -3.51. The Labute approximate surface area is 191 Å². The first-order chi connectivity index (χ1) is 15.2. The Morgan fingerprint density at radius 3 is 2.38 bits per heavy atom. The number of halogens is 1. The summed E-state index contributed by atoms with van der Waals surface area (Å²) in [5.74, 6) is 0.0370. The molecule has 2 aromatic heterocycles. The summed E-state index contributed by atoms with van der Waals surface area (Å²) in [7, 11) is 5.30. The van der Waals surface area contributed by atoms with Crippen LogP contribution in [-0.4, -0.2) is 45.5 Å². The number of ketones is 1. The van der Waals surface area contributed by atoms with Gasteiger partial charge in [-0.2, -0.15) is 5.10 Å². The zero-order chi connectivity index (χ0) is 23.0. The van der Waals surface area contributed by atoms with Crippen LogP contribution in [0.5, 0.6) is 0 Å². The summed E-state index contributed by atoms with van der Waals surface area (Å²) in [6.07, 6.45) is 2.03. The topological polar surface area (TPSA) is 68.1 Å². The number of carbonyl (C=O) groups is 2. The summed E-state index contributed by atoms with van der Waals surface area (Å²) in [5.41, 5.74) is 5.62. The smallest absolute Gasteiger partial charge is 0.253 e. The first-order valence-electron chi connectivity index (χ1n) is 10.2. The molecule has 0 atom stereocenters. The lowest BCUT2D eigenvalue weighted by molar-refractivity contribution is -0.116. The molecule has 1 amide bonds.